The maximum atomic E-state index is 14.2. The summed E-state index contributed by atoms with van der Waals surface area (Å²) in [5.41, 5.74) is 1.91. The molecular weight excluding hydrogens is 632 g/mol. The molecule has 7 nitrogen and oxygen atoms in total. The van der Waals surface area contributed by atoms with E-state index in [1.807, 2.05) is 31.4 Å². The first-order chi connectivity index (χ1) is 20.6. The molecule has 0 saturated heterocycles. The van der Waals surface area contributed by atoms with Crippen LogP contribution in [0.15, 0.2) is 18.2 Å². The number of nitrogens with one attached hydrogen (secondary N) is 2. The molecule has 0 radical (unpaired) electrons. The summed E-state index contributed by atoms with van der Waals surface area (Å²) in [5.74, 6) is -4.94. The number of rotatable bonds is 13. The molecule has 45 heavy (non-hydrogen) atoms. The van der Waals surface area contributed by atoms with E-state index in [0.717, 1.165) is 13.0 Å². The van der Waals surface area contributed by atoms with Crippen molar-refractivity contribution in [3.05, 3.63) is 29.6 Å². The van der Waals surface area contributed by atoms with Crippen molar-refractivity contribution >= 4 is 36.0 Å². The van der Waals surface area contributed by atoms with Crippen LogP contribution in [0.5, 0.6) is 0 Å². The van der Waals surface area contributed by atoms with Gasteiger partial charge in [0.15, 0.2) is 0 Å². The van der Waals surface area contributed by atoms with E-state index < -0.39 is 66.2 Å². The maximum Gasteiger partial charge on any atom is 0.392 e. The van der Waals surface area contributed by atoms with Crippen molar-refractivity contribution in [3.8, 4) is 0 Å². The minimum absolute atomic E-state index is 0.153. The van der Waals surface area contributed by atoms with Gasteiger partial charge in [0.1, 0.15) is 12.6 Å². The minimum atomic E-state index is -4.46. The van der Waals surface area contributed by atoms with Gasteiger partial charge in [-0.25, -0.2) is 22.7 Å². The molecule has 1 amide bonds. The number of hydrogen-bond acceptors (Lipinski definition) is 4. The number of alkyl halides is 5. The van der Waals surface area contributed by atoms with Crippen molar-refractivity contribution in [2.24, 2.45) is 11.8 Å². The molecule has 1 aromatic heterocycles. The van der Waals surface area contributed by atoms with E-state index in [1.54, 1.807) is 19.1 Å². The standard InChI is InChI=1S/C31H49F5N4O3SSi/c1-20(31(34,35)36)17-26(41)37-21(2)23-9-10-25-24(18-23)38-28(40(25)19-43-15-16-45(6,7)8)27(39-44(42)29(3,4)5)22-11-13-30(32,33)14-12-22/h9-10,18,20-22,27,39H,11-17,19H2,1-8H3,(H,37,41)/q-1/t20?,21-,27+,44-/m1/s1. The molecule has 14 heteroatoms. The second kappa shape index (κ2) is 14.5. The highest BCUT2D eigenvalue weighted by atomic mass is 32.2. The zero-order chi connectivity index (χ0) is 34.0. The number of halogens is 5. The van der Waals surface area contributed by atoms with E-state index in [0.29, 0.717) is 29.0 Å². The number of hydrogen-bond donors (Lipinski definition) is 2. The SMILES string of the molecule is CC(CC(=O)N[C@H](C)c1ccc2c(c1)nc([C@@H](N[S@](=O)C(C)(C)C)C1CCC(F)(F)CC1)n2COCC[Si-](C)(C)C)C(F)(F)F. The molecule has 1 aromatic carbocycles. The highest BCUT2D eigenvalue weighted by Crippen LogP contribution is 2.42. The Bertz CT molecular complexity index is 1330. The van der Waals surface area contributed by atoms with Gasteiger partial charge in [-0.2, -0.15) is 32.8 Å². The average molecular weight is 681 g/mol. The van der Waals surface area contributed by atoms with Crippen LogP contribution in [0.2, 0.25) is 25.7 Å². The van der Waals surface area contributed by atoms with Gasteiger partial charge in [0, 0.05) is 25.9 Å². The molecule has 4 atom stereocenters. The van der Waals surface area contributed by atoms with Gasteiger partial charge in [0.2, 0.25) is 11.8 Å². The predicted octanol–water partition coefficient (Wildman–Crippen LogP) is 8.03. The van der Waals surface area contributed by atoms with Gasteiger partial charge in [-0.15, -0.1) is 14.1 Å². The fourth-order valence-electron chi connectivity index (χ4n) is 5.17. The van der Waals surface area contributed by atoms with Gasteiger partial charge in [-0.1, -0.05) is 13.0 Å². The number of carbonyl (C=O) groups excluding carboxylic acids is 1. The number of nitrogens with zero attached hydrogens (tertiary/aromatic N) is 2. The zero-order valence-electron chi connectivity index (χ0n) is 27.6. The van der Waals surface area contributed by atoms with Crippen molar-refractivity contribution in [2.45, 2.75) is 128 Å². The van der Waals surface area contributed by atoms with Crippen LogP contribution < -0.4 is 10.0 Å². The normalized spacial score (nSPS) is 19.3. The van der Waals surface area contributed by atoms with Crippen molar-refractivity contribution < 1.29 is 35.7 Å². The van der Waals surface area contributed by atoms with E-state index in [9.17, 15) is 31.0 Å². The molecule has 1 aliphatic rings. The van der Waals surface area contributed by atoms with Crippen LogP contribution in [0.25, 0.3) is 11.0 Å². The molecule has 0 aliphatic heterocycles. The van der Waals surface area contributed by atoms with E-state index in [1.165, 1.54) is 0 Å². The summed E-state index contributed by atoms with van der Waals surface area (Å²) < 4.78 is 91.3. The summed E-state index contributed by atoms with van der Waals surface area (Å²) in [6.45, 7) is 15.6. The third-order valence-corrected chi connectivity index (χ3v) is 11.5. The molecular formula is C31H49F5N4O3SSi-. The van der Waals surface area contributed by atoms with Gasteiger partial charge in [0.25, 0.3) is 0 Å². The van der Waals surface area contributed by atoms with E-state index in [2.05, 4.69) is 29.7 Å². The van der Waals surface area contributed by atoms with Crippen LogP contribution in [0.1, 0.15) is 90.2 Å². The van der Waals surface area contributed by atoms with Crippen LogP contribution in [-0.2, 0) is 27.2 Å². The number of aromatic nitrogens is 2. The number of ether oxygens (including phenoxy) is 1. The molecule has 3 rings (SSSR count). The summed E-state index contributed by atoms with van der Waals surface area (Å²) in [6.07, 6.45) is -5.21. The van der Waals surface area contributed by atoms with Crippen LogP contribution >= 0.6 is 0 Å². The molecule has 1 saturated carbocycles. The average Bonchev–Trinajstić information content (AvgIpc) is 3.25. The zero-order valence-corrected chi connectivity index (χ0v) is 29.4. The van der Waals surface area contributed by atoms with E-state index >= 15 is 0 Å². The molecule has 0 spiro atoms. The van der Waals surface area contributed by atoms with Gasteiger partial charge in [-0.3, -0.25) is 4.79 Å². The molecule has 2 N–H and O–H groups in total. The van der Waals surface area contributed by atoms with Crippen molar-refractivity contribution in [1.29, 1.82) is 0 Å². The lowest BCUT2D eigenvalue weighted by Crippen LogP contribution is -2.41. The number of benzene rings is 1. The van der Waals surface area contributed by atoms with Crippen LogP contribution in [0.3, 0.4) is 0 Å². The Labute approximate surface area is 267 Å². The molecule has 2 aromatic rings. The highest BCUT2D eigenvalue weighted by molar-refractivity contribution is 7.84. The van der Waals surface area contributed by atoms with E-state index in [-0.39, 0.29) is 38.3 Å². The first-order valence-corrected chi connectivity index (χ1v) is 20.4. The third kappa shape index (κ3) is 10.8. The number of carbonyl (C=O) groups is 1. The molecule has 1 fully saturated rings. The quantitative estimate of drug-likeness (QED) is 0.128. The molecule has 1 unspecified atom stereocenters. The van der Waals surface area contributed by atoms with Gasteiger partial charge in [0.05, 0.1) is 44.8 Å². The lowest BCUT2D eigenvalue weighted by Gasteiger charge is -2.35. The topological polar surface area (TPSA) is 85.3 Å². The Morgan fingerprint density at radius 3 is 2.33 bits per heavy atom. The molecule has 1 aliphatic carbocycles. The lowest BCUT2D eigenvalue weighted by molar-refractivity contribution is -0.174. The van der Waals surface area contributed by atoms with E-state index in [4.69, 9.17) is 9.72 Å². The van der Waals surface area contributed by atoms with Crippen molar-refractivity contribution in [1.82, 2.24) is 19.6 Å². The summed E-state index contributed by atoms with van der Waals surface area (Å²) in [4.78, 5) is 17.3. The van der Waals surface area contributed by atoms with Gasteiger partial charge >= 0.3 is 6.18 Å². The first kappa shape index (κ1) is 37.6. The summed E-state index contributed by atoms with van der Waals surface area (Å²) in [6, 6.07) is 5.11. The Morgan fingerprint density at radius 2 is 1.78 bits per heavy atom. The smallest absolute Gasteiger partial charge is 0.364 e. The molecule has 1 heterocycles. The Balaban J connectivity index is 2.00. The minimum Gasteiger partial charge on any atom is -0.364 e. The summed E-state index contributed by atoms with van der Waals surface area (Å²) >= 11 is 0. The number of fused-ring (bicyclic) bond motifs is 1. The Morgan fingerprint density at radius 1 is 1.16 bits per heavy atom. The van der Waals surface area contributed by atoms with Crippen LogP contribution in [0.4, 0.5) is 22.0 Å². The fourth-order valence-corrected chi connectivity index (χ4v) is 6.81. The summed E-state index contributed by atoms with van der Waals surface area (Å²) in [7, 11) is -2.90. The van der Waals surface area contributed by atoms with Crippen LogP contribution in [0, 0.1) is 11.8 Å². The first-order valence-electron chi connectivity index (χ1n) is 15.6. The van der Waals surface area contributed by atoms with Crippen molar-refractivity contribution in [3.63, 3.8) is 0 Å². The second-order valence-electron chi connectivity index (χ2n) is 14.6. The monoisotopic (exact) mass is 680 g/mol. The van der Waals surface area contributed by atoms with Crippen molar-refractivity contribution in [2.75, 3.05) is 6.61 Å². The number of imidazole rings is 1. The number of amides is 1. The predicted molar refractivity (Wildman–Crippen MR) is 171 cm³/mol. The largest absolute Gasteiger partial charge is 0.392 e. The Kier molecular flexibility index (Phi) is 12.1. The molecule has 0 bridgehead atoms. The third-order valence-electron chi connectivity index (χ3n) is 8.25. The Hall–Kier alpha value is -1.90. The van der Waals surface area contributed by atoms with Gasteiger partial charge in [-0.05, 0) is 64.2 Å². The summed E-state index contributed by atoms with van der Waals surface area (Å²) in [5, 5.41) is 2.65. The maximum absolute atomic E-state index is 14.2. The molecule has 257 valence electrons. The highest BCUT2D eigenvalue weighted by Gasteiger charge is 2.41. The van der Waals surface area contributed by atoms with Gasteiger partial charge < -0.3 is 14.6 Å². The van der Waals surface area contributed by atoms with Crippen LogP contribution in [-0.4, -0.2) is 51.2 Å². The second-order valence-corrected chi connectivity index (χ2v) is 22.2. The fraction of sp³-hybridized carbons (Fsp3) is 0.742. The lowest BCUT2D eigenvalue weighted by atomic mass is 9.82.